The first kappa shape index (κ1) is 19.7. The molecule has 5 aromatic rings. The predicted octanol–water partition coefficient (Wildman–Crippen LogP) is 6.87. The van der Waals surface area contributed by atoms with E-state index in [-0.39, 0.29) is 0 Å². The minimum Gasteiger partial charge on any atom is -0.283 e. The van der Waals surface area contributed by atoms with Crippen LogP contribution in [0.2, 0.25) is 0 Å². The van der Waals surface area contributed by atoms with Crippen molar-refractivity contribution in [3.05, 3.63) is 179 Å². The first-order chi connectivity index (χ1) is 16.4. The van der Waals surface area contributed by atoms with Crippen molar-refractivity contribution in [2.45, 2.75) is 11.1 Å². The zero-order valence-corrected chi connectivity index (χ0v) is 18.4. The van der Waals surface area contributed by atoms with E-state index in [1.807, 2.05) is 0 Å². The van der Waals surface area contributed by atoms with Crippen LogP contribution in [-0.4, -0.2) is 0 Å². The molecule has 0 saturated carbocycles. The molecule has 0 saturated heterocycles. The van der Waals surface area contributed by atoms with Gasteiger partial charge in [-0.1, -0.05) is 146 Å². The molecule has 0 radical (unpaired) electrons. The first-order valence-electron chi connectivity index (χ1n) is 11.5. The van der Waals surface area contributed by atoms with Gasteiger partial charge in [-0.15, -0.1) is 0 Å². The van der Waals surface area contributed by atoms with Gasteiger partial charge < -0.3 is 0 Å². The maximum Gasteiger partial charge on any atom is 0.0963 e. The molecule has 1 aliphatic rings. The van der Waals surface area contributed by atoms with E-state index in [4.69, 9.17) is 0 Å². The van der Waals surface area contributed by atoms with Crippen LogP contribution >= 0.6 is 0 Å². The molecule has 0 spiro atoms. The summed E-state index contributed by atoms with van der Waals surface area (Å²) in [5, 5.41) is 4.25. The molecule has 1 N–H and O–H groups in total. The van der Waals surface area contributed by atoms with Crippen LogP contribution in [0.5, 0.6) is 0 Å². The average molecular weight is 424 g/mol. The van der Waals surface area contributed by atoms with Crippen LogP contribution < -0.4 is 5.32 Å². The lowest BCUT2D eigenvalue weighted by Gasteiger charge is -2.39. The van der Waals surface area contributed by atoms with E-state index in [0.717, 1.165) is 0 Å². The standard InChI is InChI=1S/C32H25N/c1-5-15-25(16-6-1)31(26-17-7-2-8-18-26)29-23-13-14-24-30(29)32(33-31,27-19-9-3-10-20-27)28-21-11-4-12-22-28/h1-24,33H. The lowest BCUT2D eigenvalue weighted by Crippen LogP contribution is -2.50. The Morgan fingerprint density at radius 3 is 0.818 bits per heavy atom. The highest BCUT2D eigenvalue weighted by Crippen LogP contribution is 2.53. The van der Waals surface area contributed by atoms with E-state index < -0.39 is 11.1 Å². The number of rotatable bonds is 4. The van der Waals surface area contributed by atoms with Crippen molar-refractivity contribution in [2.75, 3.05) is 0 Å². The molecule has 158 valence electrons. The molecule has 0 fully saturated rings. The summed E-state index contributed by atoms with van der Waals surface area (Å²) < 4.78 is 0. The molecule has 6 rings (SSSR count). The Bertz CT molecular complexity index is 1170. The number of nitrogens with one attached hydrogen (secondary N) is 1. The van der Waals surface area contributed by atoms with Gasteiger partial charge in [0.15, 0.2) is 0 Å². The summed E-state index contributed by atoms with van der Waals surface area (Å²) in [5.41, 5.74) is 6.52. The van der Waals surface area contributed by atoms with Gasteiger partial charge >= 0.3 is 0 Å². The minimum absolute atomic E-state index is 0.495. The second kappa shape index (κ2) is 7.88. The highest BCUT2D eigenvalue weighted by atomic mass is 15.1. The molecule has 1 aliphatic heterocycles. The maximum absolute atomic E-state index is 4.25. The molecule has 5 aromatic carbocycles. The van der Waals surface area contributed by atoms with Crippen molar-refractivity contribution < 1.29 is 0 Å². The Morgan fingerprint density at radius 2 is 0.545 bits per heavy atom. The van der Waals surface area contributed by atoms with Gasteiger partial charge in [0, 0.05) is 0 Å². The van der Waals surface area contributed by atoms with Gasteiger partial charge in [0.25, 0.3) is 0 Å². The largest absolute Gasteiger partial charge is 0.283 e. The lowest BCUT2D eigenvalue weighted by molar-refractivity contribution is 0.407. The monoisotopic (exact) mass is 423 g/mol. The average Bonchev–Trinajstić information content (AvgIpc) is 3.24. The highest BCUT2D eigenvalue weighted by molar-refractivity contribution is 5.65. The fourth-order valence-electron chi connectivity index (χ4n) is 5.55. The molecule has 0 aromatic heterocycles. The quantitative estimate of drug-likeness (QED) is 0.332. The maximum atomic E-state index is 4.25. The zero-order chi connectivity index (χ0) is 22.1. The van der Waals surface area contributed by atoms with E-state index in [1.54, 1.807) is 0 Å². The summed E-state index contributed by atoms with van der Waals surface area (Å²) in [6.45, 7) is 0. The third-order valence-electron chi connectivity index (χ3n) is 6.94. The van der Waals surface area contributed by atoms with Crippen LogP contribution in [0.4, 0.5) is 0 Å². The second-order valence-corrected chi connectivity index (χ2v) is 8.63. The fourth-order valence-corrected chi connectivity index (χ4v) is 5.55. The van der Waals surface area contributed by atoms with E-state index in [9.17, 15) is 0 Å². The van der Waals surface area contributed by atoms with Crippen molar-refractivity contribution in [1.29, 1.82) is 0 Å². The molecule has 0 aliphatic carbocycles. The summed E-state index contributed by atoms with van der Waals surface area (Å²) in [7, 11) is 0. The molecule has 33 heavy (non-hydrogen) atoms. The minimum atomic E-state index is -0.495. The van der Waals surface area contributed by atoms with Crippen molar-refractivity contribution in [3.8, 4) is 0 Å². The van der Waals surface area contributed by atoms with Crippen LogP contribution in [0.3, 0.4) is 0 Å². The number of hydrogen-bond donors (Lipinski definition) is 1. The third kappa shape index (κ3) is 2.90. The summed E-state index contributed by atoms with van der Waals surface area (Å²) in [5.74, 6) is 0. The van der Waals surface area contributed by atoms with E-state index in [0.29, 0.717) is 0 Å². The van der Waals surface area contributed by atoms with Gasteiger partial charge in [-0.3, -0.25) is 5.32 Å². The summed E-state index contributed by atoms with van der Waals surface area (Å²) in [6.07, 6.45) is 0. The Balaban J connectivity index is 1.75. The summed E-state index contributed by atoms with van der Waals surface area (Å²) in [6, 6.07) is 52.2. The fraction of sp³-hybridized carbons (Fsp3) is 0.0625. The second-order valence-electron chi connectivity index (χ2n) is 8.63. The van der Waals surface area contributed by atoms with Gasteiger partial charge in [0.1, 0.15) is 0 Å². The van der Waals surface area contributed by atoms with Crippen LogP contribution in [-0.2, 0) is 11.1 Å². The zero-order valence-electron chi connectivity index (χ0n) is 18.4. The van der Waals surface area contributed by atoms with E-state index >= 15 is 0 Å². The van der Waals surface area contributed by atoms with E-state index in [2.05, 4.69) is 151 Å². The van der Waals surface area contributed by atoms with Crippen LogP contribution in [0.15, 0.2) is 146 Å². The molecule has 0 bridgehead atoms. The topological polar surface area (TPSA) is 12.0 Å². The van der Waals surface area contributed by atoms with Gasteiger partial charge in [0.05, 0.1) is 11.1 Å². The lowest BCUT2D eigenvalue weighted by atomic mass is 9.76. The van der Waals surface area contributed by atoms with Gasteiger partial charge in [-0.25, -0.2) is 0 Å². The van der Waals surface area contributed by atoms with Gasteiger partial charge in [0.2, 0.25) is 0 Å². The predicted molar refractivity (Wildman–Crippen MR) is 135 cm³/mol. The number of hydrogen-bond acceptors (Lipinski definition) is 1. The SMILES string of the molecule is c1ccc(C2(c3ccccc3)NC(c3ccccc3)(c3ccccc3)c3ccccc32)cc1. The normalized spacial score (nSPS) is 15.6. The van der Waals surface area contributed by atoms with Crippen molar-refractivity contribution in [3.63, 3.8) is 0 Å². The molecule has 1 heterocycles. The third-order valence-corrected chi connectivity index (χ3v) is 6.94. The van der Waals surface area contributed by atoms with E-state index in [1.165, 1.54) is 33.4 Å². The molecule has 1 heteroatoms. The van der Waals surface area contributed by atoms with Crippen LogP contribution in [0.25, 0.3) is 0 Å². The Morgan fingerprint density at radius 1 is 0.303 bits per heavy atom. The van der Waals surface area contributed by atoms with Crippen molar-refractivity contribution in [2.24, 2.45) is 0 Å². The number of fused-ring (bicyclic) bond motifs is 1. The first-order valence-corrected chi connectivity index (χ1v) is 11.5. The Hall–Kier alpha value is -3.94. The van der Waals surface area contributed by atoms with Crippen LogP contribution in [0, 0.1) is 0 Å². The molecule has 0 amide bonds. The van der Waals surface area contributed by atoms with Crippen LogP contribution in [0.1, 0.15) is 33.4 Å². The van der Waals surface area contributed by atoms with Gasteiger partial charge in [-0.05, 0) is 33.4 Å². The molecular weight excluding hydrogens is 398 g/mol. The molecular formula is C32H25N. The molecule has 1 nitrogen and oxygen atoms in total. The highest BCUT2D eigenvalue weighted by Gasteiger charge is 2.54. The summed E-state index contributed by atoms with van der Waals surface area (Å²) in [4.78, 5) is 0. The van der Waals surface area contributed by atoms with Crippen molar-refractivity contribution in [1.82, 2.24) is 5.32 Å². The number of benzene rings is 5. The Kier molecular flexibility index (Phi) is 4.71. The molecule has 0 unspecified atom stereocenters. The molecule has 0 atom stereocenters. The summed E-state index contributed by atoms with van der Waals surface area (Å²) >= 11 is 0. The van der Waals surface area contributed by atoms with Gasteiger partial charge in [-0.2, -0.15) is 0 Å². The smallest absolute Gasteiger partial charge is 0.0963 e. The van der Waals surface area contributed by atoms with Crippen molar-refractivity contribution >= 4 is 0 Å². The Labute approximate surface area is 195 Å².